The highest BCUT2D eigenvalue weighted by Crippen LogP contribution is 2.42. The van der Waals surface area contributed by atoms with E-state index in [1.807, 2.05) is 55.5 Å². The molecule has 4 aromatic rings. The Balaban J connectivity index is 2.12. The van der Waals surface area contributed by atoms with Gasteiger partial charge in [0.2, 0.25) is 0 Å². The van der Waals surface area contributed by atoms with Crippen LogP contribution in [-0.4, -0.2) is 4.98 Å². The minimum absolute atomic E-state index is 0.311. The van der Waals surface area contributed by atoms with E-state index in [1.54, 1.807) is 11.3 Å². The Bertz CT molecular complexity index is 1050. The van der Waals surface area contributed by atoms with E-state index < -0.39 is 0 Å². The second-order valence-electron chi connectivity index (χ2n) is 5.47. The number of aromatic nitrogens is 1. The van der Waals surface area contributed by atoms with E-state index in [1.165, 1.54) is 0 Å². The predicted octanol–water partition coefficient (Wildman–Crippen LogP) is 5.15. The van der Waals surface area contributed by atoms with Crippen LogP contribution in [0.1, 0.15) is 12.8 Å². The Kier molecular flexibility index (Phi) is 3.75. The van der Waals surface area contributed by atoms with Crippen molar-refractivity contribution in [2.75, 3.05) is 0 Å². The lowest BCUT2D eigenvalue weighted by Crippen LogP contribution is -2.03. The summed E-state index contributed by atoms with van der Waals surface area (Å²) in [5.74, 6) is 0.480. The molecule has 0 bridgehead atoms. The SMILES string of the molecule is CCc1nc2sc(-c3ccccc3)c(-c3ccccc3)c2c(=O)o1. The van der Waals surface area contributed by atoms with Crippen LogP contribution in [0.15, 0.2) is 69.9 Å². The molecule has 0 atom stereocenters. The Morgan fingerprint density at radius 3 is 2.21 bits per heavy atom. The minimum Gasteiger partial charge on any atom is -0.408 e. The van der Waals surface area contributed by atoms with E-state index in [0.29, 0.717) is 17.7 Å². The van der Waals surface area contributed by atoms with Crippen molar-refractivity contribution in [1.82, 2.24) is 4.98 Å². The fourth-order valence-corrected chi connectivity index (χ4v) is 4.01. The van der Waals surface area contributed by atoms with Crippen LogP contribution in [0.3, 0.4) is 0 Å². The first-order valence-electron chi connectivity index (χ1n) is 7.85. The Labute approximate surface area is 143 Å². The molecule has 0 spiro atoms. The lowest BCUT2D eigenvalue weighted by molar-refractivity contribution is 0.451. The maximum absolute atomic E-state index is 12.6. The van der Waals surface area contributed by atoms with Crippen LogP contribution in [0.4, 0.5) is 0 Å². The summed E-state index contributed by atoms with van der Waals surface area (Å²) < 4.78 is 5.39. The predicted molar refractivity (Wildman–Crippen MR) is 98.4 cm³/mol. The molecular weight excluding hydrogens is 318 g/mol. The second-order valence-corrected chi connectivity index (χ2v) is 6.47. The molecule has 2 heterocycles. The zero-order valence-electron chi connectivity index (χ0n) is 13.2. The minimum atomic E-state index is -0.311. The quantitative estimate of drug-likeness (QED) is 0.521. The lowest BCUT2D eigenvalue weighted by Gasteiger charge is -2.04. The van der Waals surface area contributed by atoms with Gasteiger partial charge in [-0.2, -0.15) is 0 Å². The van der Waals surface area contributed by atoms with Gasteiger partial charge in [-0.15, -0.1) is 11.3 Å². The summed E-state index contributed by atoms with van der Waals surface area (Å²) in [5, 5.41) is 0.572. The van der Waals surface area contributed by atoms with Gasteiger partial charge in [-0.1, -0.05) is 67.6 Å². The van der Waals surface area contributed by atoms with Crippen LogP contribution in [0.25, 0.3) is 31.8 Å². The molecule has 0 fully saturated rings. The Morgan fingerprint density at radius 2 is 1.58 bits per heavy atom. The van der Waals surface area contributed by atoms with Crippen molar-refractivity contribution in [2.24, 2.45) is 0 Å². The average molecular weight is 333 g/mol. The fraction of sp³-hybridized carbons (Fsp3) is 0.100. The highest BCUT2D eigenvalue weighted by atomic mass is 32.1. The molecule has 0 saturated carbocycles. The fourth-order valence-electron chi connectivity index (χ4n) is 2.81. The number of aryl methyl sites for hydroxylation is 1. The van der Waals surface area contributed by atoms with Gasteiger partial charge in [0, 0.05) is 16.9 Å². The number of fused-ring (bicyclic) bond motifs is 1. The number of nitrogens with zero attached hydrogens (tertiary/aromatic N) is 1. The monoisotopic (exact) mass is 333 g/mol. The molecule has 4 heteroatoms. The van der Waals surface area contributed by atoms with Crippen LogP contribution in [0, 0.1) is 0 Å². The summed E-state index contributed by atoms with van der Waals surface area (Å²) in [6, 6.07) is 20.0. The van der Waals surface area contributed by atoms with Gasteiger partial charge in [0.25, 0.3) is 0 Å². The number of hydrogen-bond acceptors (Lipinski definition) is 4. The van der Waals surface area contributed by atoms with E-state index in [2.05, 4.69) is 17.1 Å². The van der Waals surface area contributed by atoms with E-state index in [9.17, 15) is 4.79 Å². The molecule has 0 aliphatic heterocycles. The summed E-state index contributed by atoms with van der Waals surface area (Å²) in [4.78, 5) is 18.9. The smallest absolute Gasteiger partial charge is 0.348 e. The molecule has 24 heavy (non-hydrogen) atoms. The van der Waals surface area contributed by atoms with Gasteiger partial charge in [0.1, 0.15) is 10.2 Å². The van der Waals surface area contributed by atoms with E-state index in [-0.39, 0.29) is 5.63 Å². The Morgan fingerprint density at radius 1 is 0.958 bits per heavy atom. The second kappa shape index (κ2) is 6.06. The molecule has 0 N–H and O–H groups in total. The largest absolute Gasteiger partial charge is 0.408 e. The van der Waals surface area contributed by atoms with Gasteiger partial charge < -0.3 is 4.42 Å². The molecule has 0 saturated heterocycles. The summed E-state index contributed by atoms with van der Waals surface area (Å²) >= 11 is 1.54. The average Bonchev–Trinajstić information content (AvgIpc) is 3.03. The molecule has 0 unspecified atom stereocenters. The van der Waals surface area contributed by atoms with Crippen LogP contribution >= 0.6 is 11.3 Å². The highest BCUT2D eigenvalue weighted by Gasteiger charge is 2.20. The van der Waals surface area contributed by atoms with E-state index in [0.717, 1.165) is 26.4 Å². The van der Waals surface area contributed by atoms with Gasteiger partial charge in [0.15, 0.2) is 5.89 Å². The molecule has 0 aliphatic carbocycles. The highest BCUT2D eigenvalue weighted by molar-refractivity contribution is 7.22. The molecule has 4 rings (SSSR count). The van der Waals surface area contributed by atoms with E-state index >= 15 is 0 Å². The van der Waals surface area contributed by atoms with Crippen molar-refractivity contribution in [3.63, 3.8) is 0 Å². The van der Waals surface area contributed by atoms with Gasteiger partial charge >= 0.3 is 5.63 Å². The number of rotatable bonds is 3. The van der Waals surface area contributed by atoms with Crippen molar-refractivity contribution in [3.8, 4) is 21.6 Å². The first-order valence-corrected chi connectivity index (χ1v) is 8.67. The van der Waals surface area contributed by atoms with Crippen molar-refractivity contribution >= 4 is 21.6 Å². The van der Waals surface area contributed by atoms with Gasteiger partial charge in [-0.3, -0.25) is 0 Å². The van der Waals surface area contributed by atoms with Crippen LogP contribution in [-0.2, 0) is 6.42 Å². The Hall–Kier alpha value is -2.72. The normalized spacial score (nSPS) is 11.0. The van der Waals surface area contributed by atoms with Gasteiger partial charge in [-0.05, 0) is 11.1 Å². The first kappa shape index (κ1) is 14.8. The molecule has 3 nitrogen and oxygen atoms in total. The third-order valence-corrected chi connectivity index (χ3v) is 5.06. The molecule has 2 aromatic heterocycles. The maximum Gasteiger partial charge on any atom is 0.348 e. The molecule has 118 valence electrons. The topological polar surface area (TPSA) is 43.1 Å². The summed E-state index contributed by atoms with van der Waals surface area (Å²) in [6.45, 7) is 1.93. The number of hydrogen-bond donors (Lipinski definition) is 0. The maximum atomic E-state index is 12.6. The zero-order chi connectivity index (χ0) is 16.5. The molecular formula is C20H15NO2S. The van der Waals surface area contributed by atoms with E-state index in [4.69, 9.17) is 4.42 Å². The lowest BCUT2D eigenvalue weighted by atomic mass is 10.0. The summed E-state index contributed by atoms with van der Waals surface area (Å²) in [5.41, 5.74) is 2.68. The van der Waals surface area contributed by atoms with Crippen molar-refractivity contribution in [2.45, 2.75) is 13.3 Å². The third-order valence-electron chi connectivity index (χ3n) is 3.93. The standard InChI is InChI=1S/C20H15NO2S/c1-2-15-21-19-17(20(22)23-15)16(13-9-5-3-6-10-13)18(24-19)14-11-7-4-8-12-14/h3-12H,2H2,1H3. The zero-order valence-corrected chi connectivity index (χ0v) is 14.0. The molecule has 0 amide bonds. The third kappa shape index (κ3) is 2.45. The van der Waals surface area contributed by atoms with Gasteiger partial charge in [-0.25, -0.2) is 9.78 Å². The number of benzene rings is 2. The molecule has 2 aromatic carbocycles. The van der Waals surface area contributed by atoms with Crippen LogP contribution in [0.5, 0.6) is 0 Å². The molecule has 0 radical (unpaired) electrons. The summed E-state index contributed by atoms with van der Waals surface area (Å²) in [7, 11) is 0. The van der Waals surface area contributed by atoms with Crippen molar-refractivity contribution < 1.29 is 4.42 Å². The molecule has 0 aliphatic rings. The summed E-state index contributed by atoms with van der Waals surface area (Å²) in [6.07, 6.45) is 0.602. The number of thiophene rings is 1. The van der Waals surface area contributed by atoms with Gasteiger partial charge in [0.05, 0.1) is 0 Å². The van der Waals surface area contributed by atoms with Crippen molar-refractivity contribution in [1.29, 1.82) is 0 Å². The van der Waals surface area contributed by atoms with Crippen molar-refractivity contribution in [3.05, 3.63) is 77.0 Å². The van der Waals surface area contributed by atoms with Crippen LogP contribution in [0.2, 0.25) is 0 Å². The first-order chi connectivity index (χ1) is 11.8. The van der Waals surface area contributed by atoms with Crippen LogP contribution < -0.4 is 5.63 Å².